The Kier molecular flexibility index (Phi) is 7.53. The van der Waals surface area contributed by atoms with Crippen molar-refractivity contribution in [2.45, 2.75) is 37.8 Å². The highest BCUT2D eigenvalue weighted by atomic mass is 19.4. The standard InChI is InChI=1S/C20H23F3N2O3/c1-13(14-6-4-8-16(11-14)20(21,22)23)10-17(26)25-18(19(27-2)28-3)15-7-5-9-24-12-15/h4-9,11-13,18-19H,10H2,1-3H3,(H,25,26)/t13-,18-/m1/s1. The number of benzene rings is 1. The number of nitrogens with zero attached hydrogens (tertiary/aromatic N) is 1. The van der Waals surface area contributed by atoms with Gasteiger partial charge in [-0.25, -0.2) is 0 Å². The lowest BCUT2D eigenvalue weighted by molar-refractivity contribution is -0.138. The first-order chi connectivity index (χ1) is 13.3. The molecule has 8 heteroatoms. The summed E-state index contributed by atoms with van der Waals surface area (Å²) in [4.78, 5) is 16.6. The van der Waals surface area contributed by atoms with Crippen molar-refractivity contribution in [3.05, 3.63) is 65.5 Å². The third-order valence-corrected chi connectivity index (χ3v) is 4.37. The van der Waals surface area contributed by atoms with Crippen LogP contribution in [0.2, 0.25) is 0 Å². The van der Waals surface area contributed by atoms with Crippen LogP contribution in [-0.4, -0.2) is 31.4 Å². The number of halogens is 3. The summed E-state index contributed by atoms with van der Waals surface area (Å²) in [6.45, 7) is 1.71. The molecule has 0 aliphatic rings. The van der Waals surface area contributed by atoms with Gasteiger partial charge in [-0.15, -0.1) is 0 Å². The molecular formula is C20H23F3N2O3. The van der Waals surface area contributed by atoms with E-state index in [1.165, 1.54) is 20.3 Å². The largest absolute Gasteiger partial charge is 0.416 e. The van der Waals surface area contributed by atoms with Crippen LogP contribution in [0.15, 0.2) is 48.8 Å². The van der Waals surface area contributed by atoms with Crippen LogP contribution < -0.4 is 5.32 Å². The monoisotopic (exact) mass is 396 g/mol. The van der Waals surface area contributed by atoms with E-state index < -0.39 is 30.0 Å². The predicted octanol–water partition coefficient (Wildman–Crippen LogP) is 4.07. The maximum absolute atomic E-state index is 12.9. The lowest BCUT2D eigenvalue weighted by Crippen LogP contribution is -2.38. The number of hydrogen-bond acceptors (Lipinski definition) is 4. The van der Waals surface area contributed by atoms with Crippen LogP contribution in [0, 0.1) is 0 Å². The minimum Gasteiger partial charge on any atom is -0.353 e. The molecule has 1 amide bonds. The first-order valence-electron chi connectivity index (χ1n) is 8.68. The highest BCUT2D eigenvalue weighted by Gasteiger charge is 2.31. The second-order valence-corrected chi connectivity index (χ2v) is 6.40. The zero-order valence-electron chi connectivity index (χ0n) is 15.9. The highest BCUT2D eigenvalue weighted by Crippen LogP contribution is 2.32. The Labute approximate surface area is 161 Å². The van der Waals surface area contributed by atoms with E-state index in [0.717, 1.165) is 12.1 Å². The Morgan fingerprint density at radius 2 is 1.82 bits per heavy atom. The Balaban J connectivity index is 2.12. The number of hydrogen-bond donors (Lipinski definition) is 1. The smallest absolute Gasteiger partial charge is 0.353 e. The van der Waals surface area contributed by atoms with Crippen LogP contribution in [0.5, 0.6) is 0 Å². The van der Waals surface area contributed by atoms with Gasteiger partial charge in [-0.05, 0) is 29.2 Å². The zero-order valence-corrected chi connectivity index (χ0v) is 15.9. The van der Waals surface area contributed by atoms with Crippen molar-refractivity contribution < 1.29 is 27.4 Å². The van der Waals surface area contributed by atoms with Crippen molar-refractivity contribution in [3.63, 3.8) is 0 Å². The Bertz CT molecular complexity index is 765. The number of pyridine rings is 1. The second-order valence-electron chi connectivity index (χ2n) is 6.40. The Morgan fingerprint density at radius 3 is 2.39 bits per heavy atom. The predicted molar refractivity (Wildman–Crippen MR) is 97.4 cm³/mol. The van der Waals surface area contributed by atoms with Crippen molar-refractivity contribution in [2.24, 2.45) is 0 Å². The van der Waals surface area contributed by atoms with Gasteiger partial charge >= 0.3 is 6.18 Å². The fraction of sp³-hybridized carbons (Fsp3) is 0.400. The molecule has 0 saturated heterocycles. The molecule has 0 saturated carbocycles. The van der Waals surface area contributed by atoms with Crippen molar-refractivity contribution in [1.29, 1.82) is 0 Å². The van der Waals surface area contributed by atoms with Crippen LogP contribution in [0.3, 0.4) is 0 Å². The summed E-state index contributed by atoms with van der Waals surface area (Å²) in [7, 11) is 2.91. The lowest BCUT2D eigenvalue weighted by Gasteiger charge is -2.26. The van der Waals surface area contributed by atoms with E-state index in [1.807, 2.05) is 0 Å². The van der Waals surface area contributed by atoms with Gasteiger partial charge in [-0.3, -0.25) is 9.78 Å². The molecule has 1 aromatic heterocycles. The number of nitrogens with one attached hydrogen (secondary N) is 1. The van der Waals surface area contributed by atoms with Crippen LogP contribution in [0.4, 0.5) is 13.2 Å². The van der Waals surface area contributed by atoms with Gasteiger partial charge in [-0.1, -0.05) is 31.2 Å². The number of methoxy groups -OCH3 is 2. The average molecular weight is 396 g/mol. The molecule has 0 radical (unpaired) electrons. The molecule has 2 atom stereocenters. The molecule has 5 nitrogen and oxygen atoms in total. The van der Waals surface area contributed by atoms with Gasteiger partial charge in [0.15, 0.2) is 6.29 Å². The maximum Gasteiger partial charge on any atom is 0.416 e. The first-order valence-corrected chi connectivity index (χ1v) is 8.68. The molecule has 1 N–H and O–H groups in total. The number of carbonyl (C=O) groups is 1. The molecule has 1 heterocycles. The molecule has 152 valence electrons. The quantitative estimate of drug-likeness (QED) is 0.684. The minimum atomic E-state index is -4.42. The lowest BCUT2D eigenvalue weighted by atomic mass is 9.95. The van der Waals surface area contributed by atoms with E-state index >= 15 is 0 Å². The van der Waals surface area contributed by atoms with Gasteiger partial charge in [0.25, 0.3) is 0 Å². The molecule has 0 fully saturated rings. The third kappa shape index (κ3) is 5.77. The van der Waals surface area contributed by atoms with E-state index in [-0.39, 0.29) is 12.3 Å². The summed E-state index contributed by atoms with van der Waals surface area (Å²) >= 11 is 0. The van der Waals surface area contributed by atoms with Gasteiger partial charge in [-0.2, -0.15) is 13.2 Å². The van der Waals surface area contributed by atoms with Gasteiger partial charge in [0.05, 0.1) is 5.56 Å². The molecule has 0 aliphatic heterocycles. The second kappa shape index (κ2) is 9.66. The van der Waals surface area contributed by atoms with Crippen LogP contribution in [0.1, 0.15) is 42.0 Å². The summed E-state index contributed by atoms with van der Waals surface area (Å²) in [6.07, 6.45) is -1.96. The number of rotatable bonds is 8. The normalized spacial score (nSPS) is 14.0. The summed E-state index contributed by atoms with van der Waals surface area (Å²) in [5.74, 6) is -0.738. The van der Waals surface area contributed by atoms with Gasteiger partial charge < -0.3 is 14.8 Å². The fourth-order valence-corrected chi connectivity index (χ4v) is 2.89. The SMILES string of the molecule is COC(OC)[C@H](NC(=O)C[C@@H](C)c1cccc(C(F)(F)F)c1)c1cccnc1. The van der Waals surface area contributed by atoms with Crippen LogP contribution in [-0.2, 0) is 20.4 Å². The summed E-state index contributed by atoms with van der Waals surface area (Å²) in [5, 5.41) is 2.83. The molecule has 2 aromatic rings. The topological polar surface area (TPSA) is 60.5 Å². The van der Waals surface area contributed by atoms with Crippen molar-refractivity contribution in [3.8, 4) is 0 Å². The van der Waals surface area contributed by atoms with Crippen LogP contribution in [0.25, 0.3) is 0 Å². The molecular weight excluding hydrogens is 373 g/mol. The molecule has 0 unspecified atom stereocenters. The molecule has 1 aromatic carbocycles. The van der Waals surface area contributed by atoms with Crippen LogP contribution >= 0.6 is 0 Å². The Hall–Kier alpha value is -2.45. The van der Waals surface area contributed by atoms with E-state index in [1.54, 1.807) is 37.5 Å². The molecule has 2 rings (SSSR count). The zero-order chi connectivity index (χ0) is 20.7. The van der Waals surface area contributed by atoms with Crippen molar-refractivity contribution in [2.75, 3.05) is 14.2 Å². The number of alkyl halides is 3. The molecule has 0 aliphatic carbocycles. The fourth-order valence-electron chi connectivity index (χ4n) is 2.89. The first kappa shape index (κ1) is 21.8. The third-order valence-electron chi connectivity index (χ3n) is 4.37. The molecule has 0 bridgehead atoms. The number of aromatic nitrogens is 1. The van der Waals surface area contributed by atoms with E-state index in [2.05, 4.69) is 10.3 Å². The van der Waals surface area contributed by atoms with E-state index in [0.29, 0.717) is 11.1 Å². The minimum absolute atomic E-state index is 0.0121. The average Bonchev–Trinajstić information content (AvgIpc) is 2.68. The Morgan fingerprint density at radius 1 is 1.14 bits per heavy atom. The van der Waals surface area contributed by atoms with Gasteiger partial charge in [0.1, 0.15) is 6.04 Å². The van der Waals surface area contributed by atoms with E-state index in [9.17, 15) is 18.0 Å². The van der Waals surface area contributed by atoms with Crippen molar-refractivity contribution >= 4 is 5.91 Å². The summed E-state index contributed by atoms with van der Waals surface area (Å²) in [6, 6.07) is 7.90. The molecule has 28 heavy (non-hydrogen) atoms. The van der Waals surface area contributed by atoms with Gasteiger partial charge in [0, 0.05) is 33.0 Å². The number of amides is 1. The summed E-state index contributed by atoms with van der Waals surface area (Å²) < 4.78 is 49.3. The maximum atomic E-state index is 12.9. The molecule has 0 spiro atoms. The van der Waals surface area contributed by atoms with E-state index in [4.69, 9.17) is 9.47 Å². The number of ether oxygens (including phenoxy) is 2. The number of carbonyl (C=O) groups excluding carboxylic acids is 1. The van der Waals surface area contributed by atoms with Crippen molar-refractivity contribution in [1.82, 2.24) is 10.3 Å². The highest BCUT2D eigenvalue weighted by molar-refractivity contribution is 5.77. The van der Waals surface area contributed by atoms with Gasteiger partial charge in [0.2, 0.25) is 5.91 Å². The summed E-state index contributed by atoms with van der Waals surface area (Å²) in [5.41, 5.74) is 0.401.